The molecule has 0 unspecified atom stereocenters. The first-order valence-electron chi connectivity index (χ1n) is 8.49. The predicted molar refractivity (Wildman–Crippen MR) is 99.1 cm³/mol. The summed E-state index contributed by atoms with van der Waals surface area (Å²) in [6.07, 6.45) is 0.940. The van der Waals surface area contributed by atoms with E-state index in [1.807, 2.05) is 37.3 Å². The van der Waals surface area contributed by atoms with Crippen LogP contribution < -0.4 is 16.6 Å². The van der Waals surface area contributed by atoms with E-state index in [1.165, 1.54) is 11.6 Å². The molecule has 8 heteroatoms. The van der Waals surface area contributed by atoms with Crippen LogP contribution >= 0.6 is 0 Å². The number of benzene rings is 1. The quantitative estimate of drug-likeness (QED) is 0.655. The Labute approximate surface area is 150 Å². The molecule has 0 saturated carbocycles. The molecule has 0 aliphatic carbocycles. The Hall–Kier alpha value is -2.71. The van der Waals surface area contributed by atoms with Crippen molar-refractivity contribution in [3.05, 3.63) is 63.1 Å². The topological polar surface area (TPSA) is 94.1 Å². The zero-order valence-electron chi connectivity index (χ0n) is 15.1. The zero-order valence-corrected chi connectivity index (χ0v) is 15.1. The summed E-state index contributed by atoms with van der Waals surface area (Å²) in [5, 5.41) is 13.7. The third kappa shape index (κ3) is 3.21. The highest BCUT2D eigenvalue weighted by atomic mass is 16.3. The van der Waals surface area contributed by atoms with Gasteiger partial charge in [0.15, 0.2) is 11.2 Å². The number of hydrogen-bond acceptors (Lipinski definition) is 5. The number of fused-ring (bicyclic) bond motifs is 1. The molecule has 0 spiro atoms. The first kappa shape index (κ1) is 18.1. The van der Waals surface area contributed by atoms with Crippen molar-refractivity contribution in [1.29, 1.82) is 0 Å². The van der Waals surface area contributed by atoms with Gasteiger partial charge in [0.2, 0.25) is 0 Å². The average molecular weight is 357 g/mol. The lowest BCUT2D eigenvalue weighted by Gasteiger charge is -2.20. The molecule has 0 amide bonds. The van der Waals surface area contributed by atoms with Crippen LogP contribution in [0.1, 0.15) is 18.6 Å². The zero-order chi connectivity index (χ0) is 18.8. The van der Waals surface area contributed by atoms with E-state index in [-0.39, 0.29) is 11.6 Å². The van der Waals surface area contributed by atoms with Gasteiger partial charge >= 0.3 is 5.69 Å². The first-order valence-corrected chi connectivity index (χ1v) is 8.49. The predicted octanol–water partition coefficient (Wildman–Crippen LogP) is 0.145. The summed E-state index contributed by atoms with van der Waals surface area (Å²) in [5.41, 5.74) is 0.857. The standard InChI is InChI=1S/C18H23N5O3/c1-12(15(24)13-7-5-4-6-8-13)19-9-10-23-11-20-16-14(23)17(25)22(3)18(26)21(16)2/h4-8,11-12,15,19,24H,9-10H2,1-3H3/t12-,15-/m0/s1. The summed E-state index contributed by atoms with van der Waals surface area (Å²) in [5.74, 6) is 0. The summed E-state index contributed by atoms with van der Waals surface area (Å²) in [6.45, 7) is 2.95. The maximum atomic E-state index is 12.4. The number of nitrogens with one attached hydrogen (secondary N) is 1. The summed E-state index contributed by atoms with van der Waals surface area (Å²) < 4.78 is 4.17. The number of hydrogen-bond donors (Lipinski definition) is 2. The fourth-order valence-electron chi connectivity index (χ4n) is 3.03. The molecule has 2 heterocycles. The van der Waals surface area contributed by atoms with Gasteiger partial charge in [-0.25, -0.2) is 9.78 Å². The third-order valence-corrected chi connectivity index (χ3v) is 4.65. The fourth-order valence-corrected chi connectivity index (χ4v) is 3.03. The Kier molecular flexibility index (Phi) is 5.06. The number of aromatic nitrogens is 4. The summed E-state index contributed by atoms with van der Waals surface area (Å²) in [4.78, 5) is 28.6. The van der Waals surface area contributed by atoms with Crippen LogP contribution in [-0.2, 0) is 20.6 Å². The highest BCUT2D eigenvalue weighted by Crippen LogP contribution is 2.15. The van der Waals surface area contributed by atoms with Crippen LogP contribution in [0.4, 0.5) is 0 Å². The maximum Gasteiger partial charge on any atom is 0.332 e. The lowest BCUT2D eigenvalue weighted by molar-refractivity contribution is 0.135. The molecule has 2 aromatic heterocycles. The molecule has 3 aromatic rings. The number of aliphatic hydroxyl groups excluding tert-OH is 1. The van der Waals surface area contributed by atoms with Crippen molar-refractivity contribution in [3.8, 4) is 0 Å². The molecular weight excluding hydrogens is 334 g/mol. The summed E-state index contributed by atoms with van der Waals surface area (Å²) in [7, 11) is 3.05. The fraction of sp³-hybridized carbons (Fsp3) is 0.389. The molecule has 0 bridgehead atoms. The highest BCUT2D eigenvalue weighted by Gasteiger charge is 2.17. The lowest BCUT2D eigenvalue weighted by atomic mass is 10.0. The molecule has 0 saturated heterocycles. The van der Waals surface area contributed by atoms with Gasteiger partial charge in [-0.2, -0.15) is 0 Å². The molecule has 0 fully saturated rings. The van der Waals surface area contributed by atoms with Crippen molar-refractivity contribution in [1.82, 2.24) is 24.0 Å². The molecule has 8 nitrogen and oxygen atoms in total. The molecule has 0 aliphatic heterocycles. The van der Waals surface area contributed by atoms with Gasteiger partial charge in [0.05, 0.1) is 12.4 Å². The molecule has 138 valence electrons. The van der Waals surface area contributed by atoms with Gasteiger partial charge in [-0.05, 0) is 12.5 Å². The van der Waals surface area contributed by atoms with Gasteiger partial charge in [-0.3, -0.25) is 13.9 Å². The van der Waals surface area contributed by atoms with Crippen molar-refractivity contribution < 1.29 is 5.11 Å². The van der Waals surface area contributed by atoms with Crippen LogP contribution in [0.25, 0.3) is 11.2 Å². The second kappa shape index (κ2) is 7.27. The van der Waals surface area contributed by atoms with Crippen LogP contribution in [0.5, 0.6) is 0 Å². The normalized spacial score (nSPS) is 13.8. The van der Waals surface area contributed by atoms with Crippen LogP contribution in [0.3, 0.4) is 0 Å². The van der Waals surface area contributed by atoms with E-state index in [0.717, 1.165) is 10.1 Å². The number of rotatable bonds is 6. The third-order valence-electron chi connectivity index (χ3n) is 4.65. The van der Waals surface area contributed by atoms with Crippen molar-refractivity contribution in [2.24, 2.45) is 14.1 Å². The minimum absolute atomic E-state index is 0.153. The van der Waals surface area contributed by atoms with E-state index in [1.54, 1.807) is 17.9 Å². The number of nitrogens with zero attached hydrogens (tertiary/aromatic N) is 4. The lowest BCUT2D eigenvalue weighted by Crippen LogP contribution is -2.38. The van der Waals surface area contributed by atoms with E-state index < -0.39 is 11.8 Å². The smallest absolute Gasteiger partial charge is 0.332 e. The summed E-state index contributed by atoms with van der Waals surface area (Å²) in [6, 6.07) is 9.31. The Morgan fingerprint density at radius 1 is 1.15 bits per heavy atom. The van der Waals surface area contributed by atoms with E-state index in [2.05, 4.69) is 10.3 Å². The van der Waals surface area contributed by atoms with Crippen LogP contribution in [0.15, 0.2) is 46.2 Å². The van der Waals surface area contributed by atoms with Gasteiger partial charge in [0.1, 0.15) is 0 Å². The van der Waals surface area contributed by atoms with Gasteiger partial charge < -0.3 is 15.0 Å². The van der Waals surface area contributed by atoms with Crippen molar-refractivity contribution in [3.63, 3.8) is 0 Å². The molecule has 2 atom stereocenters. The molecule has 0 radical (unpaired) electrons. The van der Waals surface area contributed by atoms with Gasteiger partial charge in [0.25, 0.3) is 5.56 Å². The minimum Gasteiger partial charge on any atom is -0.387 e. The maximum absolute atomic E-state index is 12.4. The molecule has 2 N–H and O–H groups in total. The molecule has 0 aliphatic rings. The van der Waals surface area contributed by atoms with Gasteiger partial charge in [-0.15, -0.1) is 0 Å². The summed E-state index contributed by atoms with van der Waals surface area (Å²) >= 11 is 0. The van der Waals surface area contributed by atoms with Crippen LogP contribution in [0.2, 0.25) is 0 Å². The van der Waals surface area contributed by atoms with E-state index >= 15 is 0 Å². The van der Waals surface area contributed by atoms with Crippen molar-refractivity contribution in [2.75, 3.05) is 6.54 Å². The Morgan fingerprint density at radius 2 is 1.85 bits per heavy atom. The minimum atomic E-state index is -0.621. The second-order valence-corrected chi connectivity index (χ2v) is 6.41. The first-order chi connectivity index (χ1) is 12.4. The van der Waals surface area contributed by atoms with E-state index in [4.69, 9.17) is 0 Å². The van der Waals surface area contributed by atoms with E-state index in [0.29, 0.717) is 24.3 Å². The van der Waals surface area contributed by atoms with Crippen LogP contribution in [0, 0.1) is 0 Å². The van der Waals surface area contributed by atoms with Crippen molar-refractivity contribution in [2.45, 2.75) is 25.6 Å². The molecular formula is C18H23N5O3. The number of aliphatic hydroxyl groups is 1. The molecule has 26 heavy (non-hydrogen) atoms. The van der Waals surface area contributed by atoms with E-state index in [9.17, 15) is 14.7 Å². The van der Waals surface area contributed by atoms with Crippen LogP contribution in [-0.4, -0.2) is 36.4 Å². The highest BCUT2D eigenvalue weighted by molar-refractivity contribution is 5.69. The number of aryl methyl sites for hydroxylation is 1. The SMILES string of the molecule is C[C@H](NCCn1cnc2c1c(=O)n(C)c(=O)n2C)[C@H](O)c1ccccc1. The number of imidazole rings is 1. The van der Waals surface area contributed by atoms with Gasteiger partial charge in [0, 0.05) is 33.2 Å². The largest absolute Gasteiger partial charge is 0.387 e. The molecule has 1 aromatic carbocycles. The average Bonchev–Trinajstić information content (AvgIpc) is 3.08. The second-order valence-electron chi connectivity index (χ2n) is 6.41. The Balaban J connectivity index is 1.73. The Bertz CT molecular complexity index is 1020. The monoisotopic (exact) mass is 357 g/mol. The molecule has 3 rings (SSSR count). The van der Waals surface area contributed by atoms with Crippen molar-refractivity contribution >= 4 is 11.2 Å². The Morgan fingerprint density at radius 3 is 2.54 bits per heavy atom. The van der Waals surface area contributed by atoms with Gasteiger partial charge in [-0.1, -0.05) is 30.3 Å².